The fraction of sp³-hybridized carbons (Fsp3) is 0.258. The molecule has 3 aromatic rings. The molecule has 0 spiro atoms. The minimum atomic E-state index is -1.23. The van der Waals surface area contributed by atoms with Crippen molar-refractivity contribution in [1.29, 1.82) is 0 Å². The number of aliphatic hydroxyl groups is 1. The van der Waals surface area contributed by atoms with Gasteiger partial charge in [-0.2, -0.15) is 0 Å². The number of hydrogen-bond acceptors (Lipinski definition) is 7. The van der Waals surface area contributed by atoms with Gasteiger partial charge in [0.05, 0.1) is 6.61 Å². The summed E-state index contributed by atoms with van der Waals surface area (Å²) in [4.78, 5) is 67.7. The van der Waals surface area contributed by atoms with Crippen LogP contribution in [0, 0.1) is 0 Å². The molecule has 1 aliphatic heterocycles. The van der Waals surface area contributed by atoms with Gasteiger partial charge >= 0.3 is 6.09 Å². The summed E-state index contributed by atoms with van der Waals surface area (Å²) in [7, 11) is 0. The maximum atomic E-state index is 13.2. The molecular formula is C31H29N3O7. The van der Waals surface area contributed by atoms with Crippen LogP contribution >= 0.6 is 0 Å². The zero-order valence-electron chi connectivity index (χ0n) is 22.2. The molecule has 1 heterocycles. The van der Waals surface area contributed by atoms with Crippen LogP contribution in [0.3, 0.4) is 0 Å². The molecule has 3 aromatic carbocycles. The van der Waals surface area contributed by atoms with Crippen LogP contribution in [0.4, 0.5) is 4.79 Å². The molecule has 3 amide bonds. The number of amides is 3. The van der Waals surface area contributed by atoms with E-state index >= 15 is 0 Å². The lowest BCUT2D eigenvalue weighted by Crippen LogP contribution is -2.51. The number of ketones is 2. The van der Waals surface area contributed by atoms with Crippen LogP contribution in [0.5, 0.6) is 0 Å². The summed E-state index contributed by atoms with van der Waals surface area (Å²) in [6, 6.07) is 18.8. The number of carbonyl (C=O) groups is 5. The number of fused-ring (bicyclic) bond motifs is 2. The predicted octanol–water partition coefficient (Wildman–Crippen LogP) is 2.42. The van der Waals surface area contributed by atoms with Crippen molar-refractivity contribution in [1.82, 2.24) is 15.1 Å². The Labute approximate surface area is 236 Å². The minimum Gasteiger partial charge on any atom is -0.445 e. The number of nitrogens with one attached hydrogen (secondary N) is 1. The van der Waals surface area contributed by atoms with Crippen molar-refractivity contribution in [2.45, 2.75) is 19.1 Å². The number of ether oxygens (including phenoxy) is 1. The molecule has 1 fully saturated rings. The van der Waals surface area contributed by atoms with Gasteiger partial charge in [0.1, 0.15) is 12.6 Å². The molecule has 10 heteroatoms. The first-order chi connectivity index (χ1) is 19.9. The molecule has 1 aliphatic carbocycles. The van der Waals surface area contributed by atoms with Gasteiger partial charge in [0.2, 0.25) is 5.91 Å². The van der Waals surface area contributed by atoms with Gasteiger partial charge in [0.25, 0.3) is 5.91 Å². The Kier molecular flexibility index (Phi) is 8.21. The lowest BCUT2D eigenvalue weighted by atomic mass is 9.83. The zero-order valence-corrected chi connectivity index (χ0v) is 22.2. The second-order valence-corrected chi connectivity index (χ2v) is 9.88. The summed E-state index contributed by atoms with van der Waals surface area (Å²) < 4.78 is 5.40. The first-order valence-electron chi connectivity index (χ1n) is 13.4. The smallest absolute Gasteiger partial charge is 0.410 e. The van der Waals surface area contributed by atoms with E-state index in [1.165, 1.54) is 28.0 Å². The lowest BCUT2D eigenvalue weighted by Gasteiger charge is -2.26. The predicted molar refractivity (Wildman–Crippen MR) is 147 cm³/mol. The SMILES string of the molecule is O=C(N[C@@H](CO)C(=O)N1CCCN(C(=O)OCc2ccccc2)CC1)c1ccc2c(c1)C(=O)c1ccccc1C2=O. The van der Waals surface area contributed by atoms with E-state index in [0.29, 0.717) is 25.1 Å². The van der Waals surface area contributed by atoms with Crippen LogP contribution in [0.2, 0.25) is 0 Å². The molecule has 1 saturated heterocycles. The third-order valence-corrected chi connectivity index (χ3v) is 7.24. The van der Waals surface area contributed by atoms with Gasteiger partial charge in [-0.3, -0.25) is 19.2 Å². The molecule has 5 rings (SSSR count). The maximum absolute atomic E-state index is 13.2. The van der Waals surface area contributed by atoms with Crippen LogP contribution in [-0.2, 0) is 16.1 Å². The molecule has 2 aliphatic rings. The zero-order chi connectivity index (χ0) is 28.9. The quantitative estimate of drug-likeness (QED) is 0.373. The van der Waals surface area contributed by atoms with Crippen LogP contribution in [-0.4, -0.2) is 83.2 Å². The van der Waals surface area contributed by atoms with Crippen molar-refractivity contribution in [2.75, 3.05) is 32.8 Å². The summed E-state index contributed by atoms with van der Waals surface area (Å²) in [5.74, 6) is -1.82. The number of benzene rings is 3. The van der Waals surface area contributed by atoms with E-state index in [-0.39, 0.29) is 53.5 Å². The summed E-state index contributed by atoms with van der Waals surface area (Å²) in [5.41, 5.74) is 1.85. The summed E-state index contributed by atoms with van der Waals surface area (Å²) >= 11 is 0. The third-order valence-electron chi connectivity index (χ3n) is 7.24. The molecule has 1 atom stereocenters. The molecule has 0 saturated carbocycles. The highest BCUT2D eigenvalue weighted by molar-refractivity contribution is 6.28. The molecule has 210 valence electrons. The Bertz CT molecular complexity index is 1500. The maximum Gasteiger partial charge on any atom is 0.410 e. The Hall–Kier alpha value is -4.83. The van der Waals surface area contributed by atoms with Crippen molar-refractivity contribution in [3.63, 3.8) is 0 Å². The lowest BCUT2D eigenvalue weighted by molar-refractivity contribution is -0.134. The molecule has 0 bridgehead atoms. The van der Waals surface area contributed by atoms with E-state index in [9.17, 15) is 29.1 Å². The molecular weight excluding hydrogens is 526 g/mol. The Morgan fingerprint density at radius 1 is 0.780 bits per heavy atom. The molecule has 10 nitrogen and oxygen atoms in total. The van der Waals surface area contributed by atoms with E-state index in [1.54, 1.807) is 24.3 Å². The van der Waals surface area contributed by atoms with Gasteiger partial charge in [-0.15, -0.1) is 0 Å². The normalized spacial score (nSPS) is 15.3. The number of aliphatic hydroxyl groups excluding tert-OH is 1. The van der Waals surface area contributed by atoms with Crippen molar-refractivity contribution >= 4 is 29.5 Å². The topological polar surface area (TPSA) is 133 Å². The monoisotopic (exact) mass is 555 g/mol. The Morgan fingerprint density at radius 3 is 2.10 bits per heavy atom. The molecule has 2 N–H and O–H groups in total. The number of rotatable bonds is 6. The standard InChI is InChI=1S/C31H29N3O7/c35-18-26(30(39)33-13-6-14-34(16-15-33)31(40)41-19-20-7-2-1-3-8-20)32-29(38)21-11-12-24-25(17-21)28(37)23-10-5-4-9-22(23)27(24)36/h1-5,7-12,17,26,35H,6,13-16,18-19H2,(H,32,38)/t26-/m0/s1. The second kappa shape index (κ2) is 12.1. The van der Waals surface area contributed by atoms with Crippen LogP contribution < -0.4 is 5.32 Å². The van der Waals surface area contributed by atoms with E-state index < -0.39 is 30.6 Å². The van der Waals surface area contributed by atoms with Gasteiger partial charge in [0, 0.05) is 54.0 Å². The summed E-state index contributed by atoms with van der Waals surface area (Å²) in [6.45, 7) is 0.696. The average molecular weight is 556 g/mol. The van der Waals surface area contributed by atoms with Crippen molar-refractivity contribution in [2.24, 2.45) is 0 Å². The third kappa shape index (κ3) is 5.87. The summed E-state index contributed by atoms with van der Waals surface area (Å²) in [5, 5.41) is 12.5. The highest BCUT2D eigenvalue weighted by Gasteiger charge is 2.32. The van der Waals surface area contributed by atoms with Crippen molar-refractivity contribution in [3.05, 3.63) is 106 Å². The fourth-order valence-corrected chi connectivity index (χ4v) is 5.02. The van der Waals surface area contributed by atoms with Crippen LogP contribution in [0.25, 0.3) is 0 Å². The van der Waals surface area contributed by atoms with Gasteiger partial charge in [-0.05, 0) is 30.2 Å². The summed E-state index contributed by atoms with van der Waals surface area (Å²) in [6.07, 6.45) is 0.0268. The first kappa shape index (κ1) is 27.7. The van der Waals surface area contributed by atoms with E-state index in [1.807, 2.05) is 30.3 Å². The number of carbonyl (C=O) groups excluding carboxylic acids is 5. The van der Waals surface area contributed by atoms with Gasteiger partial charge in [-0.25, -0.2) is 4.79 Å². The minimum absolute atomic E-state index is 0.0822. The van der Waals surface area contributed by atoms with Crippen LogP contribution in [0.15, 0.2) is 72.8 Å². The van der Waals surface area contributed by atoms with E-state index in [4.69, 9.17) is 4.74 Å². The fourth-order valence-electron chi connectivity index (χ4n) is 5.02. The molecule has 0 unspecified atom stereocenters. The first-order valence-corrected chi connectivity index (χ1v) is 13.4. The highest BCUT2D eigenvalue weighted by atomic mass is 16.6. The van der Waals surface area contributed by atoms with Crippen molar-refractivity contribution < 1.29 is 33.8 Å². The Balaban J connectivity index is 1.20. The molecule has 41 heavy (non-hydrogen) atoms. The second-order valence-electron chi connectivity index (χ2n) is 9.88. The van der Waals surface area contributed by atoms with Gasteiger partial charge < -0.3 is 25.0 Å². The Morgan fingerprint density at radius 2 is 1.39 bits per heavy atom. The average Bonchev–Trinajstić information content (AvgIpc) is 3.28. The number of nitrogens with zero attached hydrogens (tertiary/aromatic N) is 2. The number of hydrogen-bond donors (Lipinski definition) is 2. The molecule has 0 aromatic heterocycles. The van der Waals surface area contributed by atoms with E-state index in [2.05, 4.69) is 5.32 Å². The molecule has 0 radical (unpaired) electrons. The van der Waals surface area contributed by atoms with E-state index in [0.717, 1.165) is 5.56 Å². The van der Waals surface area contributed by atoms with Gasteiger partial charge in [0.15, 0.2) is 11.6 Å². The highest BCUT2D eigenvalue weighted by Crippen LogP contribution is 2.28. The van der Waals surface area contributed by atoms with Gasteiger partial charge in [-0.1, -0.05) is 54.6 Å². The van der Waals surface area contributed by atoms with Crippen molar-refractivity contribution in [3.8, 4) is 0 Å². The largest absolute Gasteiger partial charge is 0.445 e. The van der Waals surface area contributed by atoms with Crippen LogP contribution in [0.1, 0.15) is 54.2 Å².